The first-order chi connectivity index (χ1) is 12.9. The molecule has 0 N–H and O–H groups in total. The summed E-state index contributed by atoms with van der Waals surface area (Å²) in [6, 6.07) is 14.1. The first kappa shape index (κ1) is 21.4. The third-order valence-corrected chi connectivity index (χ3v) is 6.03. The number of benzene rings is 2. The molecule has 0 aliphatic heterocycles. The maximum atomic E-state index is 13.1. The lowest BCUT2D eigenvalue weighted by molar-refractivity contribution is -0.143. The second-order valence-corrected chi connectivity index (χ2v) is 8.46. The minimum atomic E-state index is -3.85. The van der Waals surface area contributed by atoms with Crippen LogP contribution in [0.15, 0.2) is 53.4 Å². The Bertz CT molecular complexity index is 849. The van der Waals surface area contributed by atoms with Crippen LogP contribution >= 0.6 is 11.6 Å². The van der Waals surface area contributed by atoms with Gasteiger partial charge in [0.2, 0.25) is 10.0 Å². The molecule has 0 aliphatic rings. The van der Waals surface area contributed by atoms with Gasteiger partial charge in [-0.3, -0.25) is 4.79 Å². The highest BCUT2D eigenvalue weighted by Crippen LogP contribution is 2.20. The van der Waals surface area contributed by atoms with Gasteiger partial charge in [-0.2, -0.15) is 4.31 Å². The van der Waals surface area contributed by atoms with Crippen LogP contribution in [0, 0.1) is 6.92 Å². The van der Waals surface area contributed by atoms with Crippen LogP contribution in [0.1, 0.15) is 23.6 Å². The number of aryl methyl sites for hydroxylation is 2. The van der Waals surface area contributed by atoms with E-state index in [9.17, 15) is 13.2 Å². The number of alkyl halides is 1. The average molecular weight is 410 g/mol. The minimum absolute atomic E-state index is 0.0882. The predicted octanol–water partition coefficient (Wildman–Crippen LogP) is 3.53. The van der Waals surface area contributed by atoms with Crippen LogP contribution in [0.4, 0.5) is 0 Å². The largest absolute Gasteiger partial charge is 0.465 e. The highest BCUT2D eigenvalue weighted by Gasteiger charge is 2.27. The molecule has 0 spiro atoms. The van der Waals surface area contributed by atoms with Gasteiger partial charge in [0.25, 0.3) is 0 Å². The van der Waals surface area contributed by atoms with Gasteiger partial charge in [0.1, 0.15) is 6.54 Å². The van der Waals surface area contributed by atoms with Crippen molar-refractivity contribution in [1.29, 1.82) is 0 Å². The van der Waals surface area contributed by atoms with Crippen LogP contribution in [-0.2, 0) is 32.5 Å². The van der Waals surface area contributed by atoms with E-state index in [1.807, 2.05) is 31.2 Å². The van der Waals surface area contributed by atoms with E-state index in [0.717, 1.165) is 21.0 Å². The molecule has 2 rings (SSSR count). The van der Waals surface area contributed by atoms with Crippen LogP contribution in [0.3, 0.4) is 0 Å². The van der Waals surface area contributed by atoms with E-state index in [0.29, 0.717) is 12.3 Å². The summed E-state index contributed by atoms with van der Waals surface area (Å²) >= 11 is 5.73. The van der Waals surface area contributed by atoms with E-state index < -0.39 is 16.0 Å². The summed E-state index contributed by atoms with van der Waals surface area (Å²) in [6.07, 6.45) is 0.664. The molecule has 0 unspecified atom stereocenters. The van der Waals surface area contributed by atoms with Gasteiger partial charge in [-0.25, -0.2) is 8.42 Å². The molecular formula is C20H24ClNO4S. The summed E-state index contributed by atoms with van der Waals surface area (Å²) in [5.74, 6) is -0.110. The van der Waals surface area contributed by atoms with Gasteiger partial charge in [0, 0.05) is 12.4 Å². The molecule has 146 valence electrons. The highest BCUT2D eigenvalue weighted by molar-refractivity contribution is 7.89. The molecule has 0 bridgehead atoms. The zero-order valence-electron chi connectivity index (χ0n) is 15.5. The van der Waals surface area contributed by atoms with Crippen molar-refractivity contribution in [2.45, 2.75) is 31.7 Å². The van der Waals surface area contributed by atoms with Crippen LogP contribution in [-0.4, -0.2) is 37.7 Å². The normalized spacial score (nSPS) is 11.6. The molecule has 0 radical (unpaired) electrons. The van der Waals surface area contributed by atoms with Crippen molar-refractivity contribution < 1.29 is 17.9 Å². The Morgan fingerprint density at radius 2 is 1.63 bits per heavy atom. The van der Waals surface area contributed by atoms with Crippen molar-refractivity contribution >= 4 is 27.6 Å². The lowest BCUT2D eigenvalue weighted by Gasteiger charge is -2.21. The van der Waals surface area contributed by atoms with E-state index in [-0.39, 0.29) is 24.6 Å². The fraction of sp³-hybridized carbons (Fsp3) is 0.350. The summed E-state index contributed by atoms with van der Waals surface area (Å²) in [5.41, 5.74) is 2.83. The van der Waals surface area contributed by atoms with E-state index in [2.05, 4.69) is 0 Å². The monoisotopic (exact) mass is 409 g/mol. The number of sulfonamides is 1. The third-order valence-electron chi connectivity index (χ3n) is 4.03. The maximum Gasteiger partial charge on any atom is 0.321 e. The first-order valence-corrected chi connectivity index (χ1v) is 10.7. The van der Waals surface area contributed by atoms with Crippen LogP contribution < -0.4 is 0 Å². The van der Waals surface area contributed by atoms with Crippen molar-refractivity contribution in [2.75, 3.05) is 19.0 Å². The van der Waals surface area contributed by atoms with Crippen molar-refractivity contribution in [3.05, 3.63) is 65.2 Å². The lowest BCUT2D eigenvalue weighted by atomic mass is 10.1. The number of rotatable bonds is 9. The smallest absolute Gasteiger partial charge is 0.321 e. The van der Waals surface area contributed by atoms with Gasteiger partial charge in [-0.05, 0) is 43.5 Å². The number of halogens is 1. The van der Waals surface area contributed by atoms with Gasteiger partial charge >= 0.3 is 5.97 Å². The molecule has 0 fully saturated rings. The van der Waals surface area contributed by atoms with Crippen molar-refractivity contribution in [3.63, 3.8) is 0 Å². The summed E-state index contributed by atoms with van der Waals surface area (Å²) in [5, 5.41) is 0. The summed E-state index contributed by atoms with van der Waals surface area (Å²) in [6.45, 7) is 3.59. The van der Waals surface area contributed by atoms with Crippen molar-refractivity contribution in [1.82, 2.24) is 4.31 Å². The molecule has 0 heterocycles. The van der Waals surface area contributed by atoms with Gasteiger partial charge in [0.05, 0.1) is 11.5 Å². The Balaban J connectivity index is 2.31. The Morgan fingerprint density at radius 1 is 1.04 bits per heavy atom. The third kappa shape index (κ3) is 6.06. The van der Waals surface area contributed by atoms with Crippen LogP contribution in [0.2, 0.25) is 0 Å². The van der Waals surface area contributed by atoms with Gasteiger partial charge in [-0.15, -0.1) is 11.6 Å². The molecule has 7 heteroatoms. The lowest BCUT2D eigenvalue weighted by Crippen LogP contribution is -2.36. The molecule has 2 aromatic carbocycles. The Kier molecular flexibility index (Phi) is 7.83. The topological polar surface area (TPSA) is 63.7 Å². The van der Waals surface area contributed by atoms with Gasteiger partial charge in [-0.1, -0.05) is 42.0 Å². The van der Waals surface area contributed by atoms with Crippen LogP contribution in [0.25, 0.3) is 0 Å². The standard InChI is InChI=1S/C20H24ClNO4S/c1-3-26-20(23)15-22(14-18-6-4-16(2)5-7-18)27(24,25)19-10-8-17(9-11-19)12-13-21/h4-11H,3,12-15H2,1-2H3. The number of hydrogen-bond donors (Lipinski definition) is 0. The summed E-state index contributed by atoms with van der Waals surface area (Å²) < 4.78 is 32.3. The molecule has 5 nitrogen and oxygen atoms in total. The molecule has 0 aliphatic carbocycles. The number of esters is 1. The molecule has 0 atom stereocenters. The summed E-state index contributed by atoms with van der Waals surface area (Å²) in [7, 11) is -3.85. The second kappa shape index (κ2) is 9.88. The molecule has 2 aromatic rings. The van der Waals surface area contributed by atoms with E-state index >= 15 is 0 Å². The van der Waals surface area contributed by atoms with Gasteiger partial charge < -0.3 is 4.74 Å². The van der Waals surface area contributed by atoms with Crippen molar-refractivity contribution in [3.8, 4) is 0 Å². The quantitative estimate of drug-likeness (QED) is 0.469. The molecular weight excluding hydrogens is 386 g/mol. The van der Waals surface area contributed by atoms with E-state index in [1.165, 1.54) is 0 Å². The number of carbonyl (C=O) groups excluding carboxylic acids is 1. The van der Waals surface area contributed by atoms with Crippen molar-refractivity contribution in [2.24, 2.45) is 0 Å². The number of nitrogens with zero attached hydrogens (tertiary/aromatic N) is 1. The molecule has 0 saturated carbocycles. The maximum absolute atomic E-state index is 13.1. The second-order valence-electron chi connectivity index (χ2n) is 6.15. The zero-order valence-corrected chi connectivity index (χ0v) is 17.1. The zero-order chi connectivity index (χ0) is 19.9. The number of hydrogen-bond acceptors (Lipinski definition) is 4. The summed E-state index contributed by atoms with van der Waals surface area (Å²) in [4.78, 5) is 12.1. The fourth-order valence-corrected chi connectivity index (χ4v) is 4.15. The first-order valence-electron chi connectivity index (χ1n) is 8.73. The highest BCUT2D eigenvalue weighted by atomic mass is 35.5. The number of carbonyl (C=O) groups is 1. The average Bonchev–Trinajstić information content (AvgIpc) is 2.64. The Labute approximate surface area is 166 Å². The van der Waals surface area contributed by atoms with Crippen LogP contribution in [0.5, 0.6) is 0 Å². The SMILES string of the molecule is CCOC(=O)CN(Cc1ccc(C)cc1)S(=O)(=O)c1ccc(CCCl)cc1. The fourth-order valence-electron chi connectivity index (χ4n) is 2.56. The molecule has 0 saturated heterocycles. The molecule has 0 aromatic heterocycles. The molecule has 0 amide bonds. The van der Waals surface area contributed by atoms with E-state index in [4.69, 9.17) is 16.3 Å². The molecule has 27 heavy (non-hydrogen) atoms. The minimum Gasteiger partial charge on any atom is -0.465 e. The van der Waals surface area contributed by atoms with Gasteiger partial charge in [0.15, 0.2) is 0 Å². The Hall–Kier alpha value is -1.89. The number of ether oxygens (including phenoxy) is 1. The Morgan fingerprint density at radius 3 is 2.19 bits per heavy atom. The predicted molar refractivity (Wildman–Crippen MR) is 106 cm³/mol. The van der Waals surface area contributed by atoms with E-state index in [1.54, 1.807) is 31.2 Å².